The Morgan fingerprint density at radius 1 is 1.39 bits per heavy atom. The number of aliphatic imine (C=N–C) groups is 1. The third-order valence-corrected chi connectivity index (χ3v) is 2.74. The summed E-state index contributed by atoms with van der Waals surface area (Å²) in [6.07, 6.45) is 8.17. The van der Waals surface area contributed by atoms with Crippen LogP contribution in [0.4, 0.5) is 4.39 Å². The molecule has 112 valence electrons. The van der Waals surface area contributed by atoms with Crippen LogP contribution < -0.4 is 0 Å². The van der Waals surface area contributed by atoms with E-state index >= 15 is 0 Å². The Morgan fingerprint density at radius 3 is 2.96 bits per heavy atom. The van der Waals surface area contributed by atoms with E-state index in [1.807, 2.05) is 6.07 Å². The molecule has 23 heavy (non-hydrogen) atoms. The van der Waals surface area contributed by atoms with Crippen LogP contribution in [0.15, 0.2) is 60.5 Å². The second-order valence-corrected chi connectivity index (χ2v) is 4.53. The molecule has 0 radical (unpaired) electrons. The molecule has 0 fully saturated rings. The molecule has 2 aromatic rings. The fraction of sp³-hybridized carbons (Fsp3) is 0.0556. The lowest BCUT2D eigenvalue weighted by Crippen LogP contribution is -1.96. The van der Waals surface area contributed by atoms with E-state index in [1.165, 1.54) is 16.8 Å². The van der Waals surface area contributed by atoms with Crippen molar-refractivity contribution >= 4 is 5.71 Å². The summed E-state index contributed by atoms with van der Waals surface area (Å²) in [5.41, 5.74) is 2.01. The smallest absolute Gasteiger partial charge is 0.126 e. The highest BCUT2D eigenvalue weighted by Crippen LogP contribution is 2.13. The molecule has 0 saturated heterocycles. The standard InChI is InChI=1S/C18H13FN4/c1-3-4-7-21-14(2)5-6-15-12-22-23(13-15)18-9-16(11-20)8-17(19)10-18/h3-4,7-10,12-13H,1H2,2H3/b7-4-,21-14+. The highest BCUT2D eigenvalue weighted by molar-refractivity contribution is 5.99. The molecule has 0 atom stereocenters. The zero-order valence-corrected chi connectivity index (χ0v) is 12.5. The normalized spacial score (nSPS) is 10.9. The Hall–Kier alpha value is -3.44. The lowest BCUT2D eigenvalue weighted by atomic mass is 10.2. The van der Waals surface area contributed by atoms with Crippen LogP contribution in [-0.4, -0.2) is 15.5 Å². The molecule has 0 spiro atoms. The summed E-state index contributed by atoms with van der Waals surface area (Å²) < 4.78 is 14.9. The quantitative estimate of drug-likeness (QED) is 0.496. The van der Waals surface area contributed by atoms with Crippen LogP contribution in [0.3, 0.4) is 0 Å². The van der Waals surface area contributed by atoms with Gasteiger partial charge in [0, 0.05) is 12.4 Å². The van der Waals surface area contributed by atoms with Crippen LogP contribution >= 0.6 is 0 Å². The molecular weight excluding hydrogens is 291 g/mol. The number of nitriles is 1. The first-order valence-corrected chi connectivity index (χ1v) is 6.72. The summed E-state index contributed by atoms with van der Waals surface area (Å²) in [4.78, 5) is 4.11. The Balaban J connectivity index is 2.24. The van der Waals surface area contributed by atoms with Gasteiger partial charge in [-0.15, -0.1) is 0 Å². The molecule has 0 aliphatic carbocycles. The van der Waals surface area contributed by atoms with Gasteiger partial charge in [0.1, 0.15) is 5.82 Å². The lowest BCUT2D eigenvalue weighted by molar-refractivity contribution is 0.625. The van der Waals surface area contributed by atoms with Crippen molar-refractivity contribution < 1.29 is 4.39 Å². The molecule has 0 N–H and O–H groups in total. The minimum absolute atomic E-state index is 0.236. The van der Waals surface area contributed by atoms with Gasteiger partial charge in [-0.1, -0.05) is 18.6 Å². The van der Waals surface area contributed by atoms with Gasteiger partial charge in [0.15, 0.2) is 0 Å². The fourth-order valence-corrected chi connectivity index (χ4v) is 1.71. The van der Waals surface area contributed by atoms with Gasteiger partial charge >= 0.3 is 0 Å². The van der Waals surface area contributed by atoms with Gasteiger partial charge in [-0.3, -0.25) is 4.99 Å². The van der Waals surface area contributed by atoms with Crippen LogP contribution in [0.25, 0.3) is 5.69 Å². The average molecular weight is 304 g/mol. The zero-order valence-electron chi connectivity index (χ0n) is 12.5. The molecule has 4 nitrogen and oxygen atoms in total. The minimum atomic E-state index is -0.487. The number of aromatic nitrogens is 2. The van der Waals surface area contributed by atoms with E-state index in [0.717, 1.165) is 0 Å². The lowest BCUT2D eigenvalue weighted by Gasteiger charge is -2.01. The Morgan fingerprint density at radius 2 is 2.22 bits per heavy atom. The SMILES string of the molecule is C=C/C=C\N=C(/C)C#Cc1cnn(-c2cc(F)cc(C#N)c2)c1. The third kappa shape index (κ3) is 4.52. The van der Waals surface area contributed by atoms with Gasteiger partial charge < -0.3 is 0 Å². The molecule has 0 bridgehead atoms. The van der Waals surface area contributed by atoms with Crippen LogP contribution in [0.1, 0.15) is 18.1 Å². The second kappa shape index (κ2) is 7.53. The minimum Gasteiger partial charge on any atom is -0.253 e. The predicted molar refractivity (Wildman–Crippen MR) is 87.6 cm³/mol. The highest BCUT2D eigenvalue weighted by atomic mass is 19.1. The summed E-state index contributed by atoms with van der Waals surface area (Å²) in [6, 6.07) is 5.94. The molecule has 1 aromatic heterocycles. The first-order chi connectivity index (χ1) is 11.1. The van der Waals surface area contributed by atoms with E-state index in [-0.39, 0.29) is 5.56 Å². The number of benzene rings is 1. The number of halogens is 1. The maximum absolute atomic E-state index is 13.5. The van der Waals surface area contributed by atoms with Crippen molar-refractivity contribution in [3.63, 3.8) is 0 Å². The summed E-state index contributed by atoms with van der Waals surface area (Å²) in [5, 5.41) is 13.0. The number of allylic oxidation sites excluding steroid dienone is 2. The van der Waals surface area contributed by atoms with Crippen molar-refractivity contribution in [1.82, 2.24) is 9.78 Å². The maximum atomic E-state index is 13.5. The van der Waals surface area contributed by atoms with Crippen molar-refractivity contribution in [2.24, 2.45) is 4.99 Å². The molecular formula is C18H13FN4. The monoisotopic (exact) mass is 304 g/mol. The largest absolute Gasteiger partial charge is 0.253 e. The average Bonchev–Trinajstić information content (AvgIpc) is 3.01. The van der Waals surface area contributed by atoms with Gasteiger partial charge in [0.05, 0.1) is 34.8 Å². The van der Waals surface area contributed by atoms with Crippen molar-refractivity contribution in [1.29, 1.82) is 5.26 Å². The van der Waals surface area contributed by atoms with Crippen molar-refractivity contribution in [3.05, 3.63) is 72.5 Å². The molecule has 0 aliphatic rings. The molecule has 1 heterocycles. The maximum Gasteiger partial charge on any atom is 0.126 e. The predicted octanol–water partition coefficient (Wildman–Crippen LogP) is 3.40. The van der Waals surface area contributed by atoms with Gasteiger partial charge in [-0.25, -0.2) is 9.07 Å². The summed E-state index contributed by atoms with van der Waals surface area (Å²) in [5.74, 6) is 5.33. The molecule has 2 rings (SSSR count). The molecule has 0 amide bonds. The van der Waals surface area contributed by atoms with E-state index in [2.05, 4.69) is 28.5 Å². The van der Waals surface area contributed by atoms with Gasteiger partial charge in [-0.2, -0.15) is 10.4 Å². The van der Waals surface area contributed by atoms with Crippen LogP contribution in [-0.2, 0) is 0 Å². The van der Waals surface area contributed by atoms with Gasteiger partial charge in [-0.05, 0) is 37.1 Å². The summed E-state index contributed by atoms with van der Waals surface area (Å²) in [6.45, 7) is 5.34. The van der Waals surface area contributed by atoms with Crippen LogP contribution in [0.5, 0.6) is 0 Å². The van der Waals surface area contributed by atoms with Gasteiger partial charge in [0.25, 0.3) is 0 Å². The van der Waals surface area contributed by atoms with E-state index in [4.69, 9.17) is 5.26 Å². The Labute approximate surface area is 133 Å². The molecule has 1 aromatic carbocycles. The third-order valence-electron chi connectivity index (χ3n) is 2.74. The summed E-state index contributed by atoms with van der Waals surface area (Å²) in [7, 11) is 0. The second-order valence-electron chi connectivity index (χ2n) is 4.53. The first-order valence-electron chi connectivity index (χ1n) is 6.72. The van der Waals surface area contributed by atoms with E-state index < -0.39 is 5.82 Å². The first kappa shape index (κ1) is 15.9. The zero-order chi connectivity index (χ0) is 16.7. The number of hydrogen-bond acceptors (Lipinski definition) is 3. The molecule has 0 unspecified atom stereocenters. The number of hydrogen-bond donors (Lipinski definition) is 0. The van der Waals surface area contributed by atoms with Crippen molar-refractivity contribution in [3.8, 4) is 23.6 Å². The number of rotatable bonds is 3. The molecule has 5 heteroatoms. The Bertz CT molecular complexity index is 886. The summed E-state index contributed by atoms with van der Waals surface area (Å²) >= 11 is 0. The van der Waals surface area contributed by atoms with Crippen molar-refractivity contribution in [2.45, 2.75) is 6.92 Å². The fourth-order valence-electron chi connectivity index (χ4n) is 1.71. The Kier molecular flexibility index (Phi) is 5.22. The van der Waals surface area contributed by atoms with Crippen molar-refractivity contribution in [2.75, 3.05) is 0 Å². The van der Waals surface area contributed by atoms with E-state index in [9.17, 15) is 4.39 Å². The molecule has 0 saturated carbocycles. The topological polar surface area (TPSA) is 54.0 Å². The van der Waals surface area contributed by atoms with E-state index in [0.29, 0.717) is 17.0 Å². The number of nitrogens with zero attached hydrogens (tertiary/aromatic N) is 4. The van der Waals surface area contributed by atoms with Crippen LogP contribution in [0.2, 0.25) is 0 Å². The highest BCUT2D eigenvalue weighted by Gasteiger charge is 2.04. The molecule has 0 aliphatic heterocycles. The van der Waals surface area contributed by atoms with Crippen LogP contribution in [0, 0.1) is 29.0 Å². The van der Waals surface area contributed by atoms with Gasteiger partial charge in [0.2, 0.25) is 0 Å². The van der Waals surface area contributed by atoms with E-state index in [1.54, 1.807) is 43.7 Å².